The van der Waals surface area contributed by atoms with E-state index in [0.717, 1.165) is 6.20 Å². The van der Waals surface area contributed by atoms with Crippen molar-refractivity contribution in [1.29, 1.82) is 0 Å². The summed E-state index contributed by atoms with van der Waals surface area (Å²) in [6.45, 7) is 5.30. The molecule has 1 amide bonds. The number of ether oxygens (including phenoxy) is 1. The van der Waals surface area contributed by atoms with Crippen LogP contribution in [-0.2, 0) is 14.3 Å². The van der Waals surface area contributed by atoms with Crippen molar-refractivity contribution in [1.82, 2.24) is 4.98 Å². The fourth-order valence-electron chi connectivity index (χ4n) is 2.07. The standard InChI is InChI=1S/C14H17FN2O3/c1-14(2,3)20-13(19)10-5-7-12(18)17(10)11-6-4-9(15)8-16-11/h4,6,8,10H,5,7H2,1-3H3/t10-/m0/s1. The Bertz CT molecular complexity index is 522. The lowest BCUT2D eigenvalue weighted by Crippen LogP contribution is -2.42. The van der Waals surface area contributed by atoms with Gasteiger partial charge < -0.3 is 4.74 Å². The number of pyridine rings is 1. The summed E-state index contributed by atoms with van der Waals surface area (Å²) in [5.41, 5.74) is -0.620. The molecule has 5 nitrogen and oxygen atoms in total. The molecule has 2 rings (SSSR count). The molecule has 1 fully saturated rings. The average molecular weight is 280 g/mol. The monoisotopic (exact) mass is 280 g/mol. The van der Waals surface area contributed by atoms with Crippen molar-refractivity contribution < 1.29 is 18.7 Å². The van der Waals surface area contributed by atoms with Crippen molar-refractivity contribution in [3.63, 3.8) is 0 Å². The Morgan fingerprint density at radius 2 is 2.15 bits per heavy atom. The minimum Gasteiger partial charge on any atom is -0.458 e. The Kier molecular flexibility index (Phi) is 3.74. The summed E-state index contributed by atoms with van der Waals surface area (Å²) in [4.78, 5) is 29.2. The molecule has 1 aromatic heterocycles. The van der Waals surface area contributed by atoms with Crippen LogP contribution in [0.2, 0.25) is 0 Å². The smallest absolute Gasteiger partial charge is 0.329 e. The van der Waals surface area contributed by atoms with Crippen LogP contribution in [0, 0.1) is 5.82 Å². The molecule has 6 heteroatoms. The van der Waals surface area contributed by atoms with Crippen molar-refractivity contribution in [2.75, 3.05) is 4.90 Å². The lowest BCUT2D eigenvalue weighted by molar-refractivity contribution is -0.156. The molecule has 0 saturated carbocycles. The molecule has 1 aliphatic heterocycles. The maximum atomic E-state index is 12.9. The number of amides is 1. The zero-order valence-electron chi connectivity index (χ0n) is 11.7. The van der Waals surface area contributed by atoms with Gasteiger partial charge in [0.2, 0.25) is 5.91 Å². The first-order chi connectivity index (χ1) is 9.28. The molecular formula is C14H17FN2O3. The van der Waals surface area contributed by atoms with Crippen molar-refractivity contribution in [3.05, 3.63) is 24.1 Å². The van der Waals surface area contributed by atoms with Gasteiger partial charge in [0, 0.05) is 6.42 Å². The fraction of sp³-hybridized carbons (Fsp3) is 0.500. The van der Waals surface area contributed by atoms with E-state index in [1.54, 1.807) is 20.8 Å². The molecule has 1 aromatic rings. The highest BCUT2D eigenvalue weighted by atomic mass is 19.1. The number of hydrogen-bond acceptors (Lipinski definition) is 4. The molecule has 0 aromatic carbocycles. The van der Waals surface area contributed by atoms with Crippen LogP contribution in [0.15, 0.2) is 18.3 Å². The SMILES string of the molecule is CC(C)(C)OC(=O)[C@@H]1CCC(=O)N1c1ccc(F)cn1. The van der Waals surface area contributed by atoms with Crippen molar-refractivity contribution in [2.24, 2.45) is 0 Å². The number of hydrogen-bond donors (Lipinski definition) is 0. The van der Waals surface area contributed by atoms with E-state index in [1.165, 1.54) is 17.0 Å². The molecule has 1 atom stereocenters. The summed E-state index contributed by atoms with van der Waals surface area (Å²) in [5.74, 6) is -0.895. The van der Waals surface area contributed by atoms with Gasteiger partial charge in [0.05, 0.1) is 6.20 Å². The van der Waals surface area contributed by atoms with Crippen LogP contribution >= 0.6 is 0 Å². The van der Waals surface area contributed by atoms with E-state index in [4.69, 9.17) is 4.74 Å². The first-order valence-electron chi connectivity index (χ1n) is 6.44. The maximum Gasteiger partial charge on any atom is 0.329 e. The van der Waals surface area contributed by atoms with Crippen LogP contribution in [0.4, 0.5) is 10.2 Å². The number of esters is 1. The Hall–Kier alpha value is -1.98. The minimum absolute atomic E-state index is 0.208. The average Bonchev–Trinajstić information content (AvgIpc) is 2.70. The molecule has 0 aliphatic carbocycles. The zero-order valence-corrected chi connectivity index (χ0v) is 11.7. The second-order valence-electron chi connectivity index (χ2n) is 5.69. The Balaban J connectivity index is 2.23. The second-order valence-corrected chi connectivity index (χ2v) is 5.69. The van der Waals surface area contributed by atoms with E-state index in [0.29, 0.717) is 6.42 Å². The first-order valence-corrected chi connectivity index (χ1v) is 6.44. The molecule has 0 spiro atoms. The fourth-order valence-corrected chi connectivity index (χ4v) is 2.07. The van der Waals surface area contributed by atoms with Gasteiger partial charge in [-0.2, -0.15) is 0 Å². The number of anilines is 1. The third-order valence-electron chi connectivity index (χ3n) is 2.85. The van der Waals surface area contributed by atoms with Crippen LogP contribution < -0.4 is 4.90 Å². The first kappa shape index (κ1) is 14.4. The summed E-state index contributed by atoms with van der Waals surface area (Å²) < 4.78 is 18.2. The molecule has 0 bridgehead atoms. The van der Waals surface area contributed by atoms with Crippen LogP contribution in [0.5, 0.6) is 0 Å². The van der Waals surface area contributed by atoms with Gasteiger partial charge in [-0.25, -0.2) is 14.2 Å². The molecule has 1 saturated heterocycles. The number of carbonyl (C=O) groups is 2. The largest absolute Gasteiger partial charge is 0.458 e. The highest BCUT2D eigenvalue weighted by Crippen LogP contribution is 2.27. The molecule has 108 valence electrons. The zero-order chi connectivity index (χ0) is 14.9. The molecular weight excluding hydrogens is 263 g/mol. The number of carbonyl (C=O) groups excluding carboxylic acids is 2. The summed E-state index contributed by atoms with van der Waals surface area (Å²) in [5, 5.41) is 0. The van der Waals surface area contributed by atoms with Gasteiger partial charge in [-0.15, -0.1) is 0 Å². The third-order valence-corrected chi connectivity index (χ3v) is 2.85. The number of nitrogens with zero attached hydrogens (tertiary/aromatic N) is 2. The van der Waals surface area contributed by atoms with Crippen LogP contribution in [0.1, 0.15) is 33.6 Å². The Morgan fingerprint density at radius 3 is 2.70 bits per heavy atom. The highest BCUT2D eigenvalue weighted by Gasteiger charge is 2.40. The molecule has 0 radical (unpaired) electrons. The Morgan fingerprint density at radius 1 is 1.45 bits per heavy atom. The highest BCUT2D eigenvalue weighted by molar-refractivity contribution is 6.01. The van der Waals surface area contributed by atoms with E-state index < -0.39 is 23.4 Å². The minimum atomic E-state index is -0.695. The summed E-state index contributed by atoms with van der Waals surface area (Å²) >= 11 is 0. The second kappa shape index (κ2) is 5.19. The Labute approximate surface area is 116 Å². The molecule has 1 aliphatic rings. The molecule has 20 heavy (non-hydrogen) atoms. The van der Waals surface area contributed by atoms with Crippen molar-refractivity contribution in [3.8, 4) is 0 Å². The predicted molar refractivity (Wildman–Crippen MR) is 70.5 cm³/mol. The number of rotatable bonds is 2. The van der Waals surface area contributed by atoms with Crippen molar-refractivity contribution >= 4 is 17.7 Å². The maximum absolute atomic E-state index is 12.9. The predicted octanol–water partition coefficient (Wildman–Crippen LogP) is 2.06. The van der Waals surface area contributed by atoms with E-state index in [2.05, 4.69) is 4.98 Å². The third kappa shape index (κ3) is 3.12. The topological polar surface area (TPSA) is 59.5 Å². The van der Waals surface area contributed by atoms with E-state index in [-0.39, 0.29) is 18.1 Å². The van der Waals surface area contributed by atoms with E-state index in [9.17, 15) is 14.0 Å². The normalized spacial score (nSPS) is 19.3. The van der Waals surface area contributed by atoms with Crippen LogP contribution in [0.25, 0.3) is 0 Å². The van der Waals surface area contributed by atoms with Gasteiger partial charge in [-0.3, -0.25) is 9.69 Å². The summed E-state index contributed by atoms with van der Waals surface area (Å²) in [6, 6.07) is 1.90. The van der Waals surface area contributed by atoms with Gasteiger partial charge in [0.15, 0.2) is 0 Å². The quantitative estimate of drug-likeness (QED) is 0.778. The van der Waals surface area contributed by atoms with Crippen LogP contribution in [0.3, 0.4) is 0 Å². The lowest BCUT2D eigenvalue weighted by Gasteiger charge is -2.26. The van der Waals surface area contributed by atoms with Gasteiger partial charge in [-0.05, 0) is 39.3 Å². The lowest BCUT2D eigenvalue weighted by atomic mass is 10.1. The van der Waals surface area contributed by atoms with Gasteiger partial charge in [0.25, 0.3) is 0 Å². The molecule has 0 unspecified atom stereocenters. The van der Waals surface area contributed by atoms with Crippen molar-refractivity contribution in [2.45, 2.75) is 45.3 Å². The number of halogens is 1. The van der Waals surface area contributed by atoms with Gasteiger partial charge in [0.1, 0.15) is 23.3 Å². The summed E-state index contributed by atoms with van der Waals surface area (Å²) in [7, 11) is 0. The molecule has 0 N–H and O–H groups in total. The summed E-state index contributed by atoms with van der Waals surface area (Å²) in [6.07, 6.45) is 1.66. The van der Waals surface area contributed by atoms with Gasteiger partial charge in [-0.1, -0.05) is 0 Å². The van der Waals surface area contributed by atoms with E-state index in [1.807, 2.05) is 0 Å². The van der Waals surface area contributed by atoms with Gasteiger partial charge >= 0.3 is 5.97 Å². The molecule has 2 heterocycles. The van der Waals surface area contributed by atoms with Crippen LogP contribution in [-0.4, -0.2) is 28.5 Å². The number of aromatic nitrogens is 1. The van der Waals surface area contributed by atoms with E-state index >= 15 is 0 Å².